The van der Waals surface area contributed by atoms with Gasteiger partial charge in [-0.1, -0.05) is 18.5 Å². The molecule has 21 heavy (non-hydrogen) atoms. The van der Waals surface area contributed by atoms with E-state index in [9.17, 15) is 8.42 Å². The third-order valence-electron chi connectivity index (χ3n) is 2.74. The van der Waals surface area contributed by atoms with Crippen molar-refractivity contribution in [2.24, 2.45) is 0 Å². The van der Waals surface area contributed by atoms with Crippen molar-refractivity contribution in [3.63, 3.8) is 0 Å². The van der Waals surface area contributed by atoms with Crippen LogP contribution in [0.15, 0.2) is 17.2 Å². The van der Waals surface area contributed by atoms with Gasteiger partial charge in [0, 0.05) is 19.3 Å². The van der Waals surface area contributed by atoms with Crippen LogP contribution in [0, 0.1) is 0 Å². The largest absolute Gasteiger partial charge is 0.369 e. The number of aromatic nitrogens is 1. The number of nitrogens with one attached hydrogen (secondary N) is 2. The van der Waals surface area contributed by atoms with Crippen molar-refractivity contribution in [2.75, 3.05) is 39.0 Å². The van der Waals surface area contributed by atoms with Gasteiger partial charge in [-0.15, -0.1) is 0 Å². The van der Waals surface area contributed by atoms with E-state index in [2.05, 4.69) is 15.0 Å². The maximum atomic E-state index is 12.1. The molecule has 1 heterocycles. The topological polar surface area (TPSA) is 74.3 Å². The molecule has 0 aliphatic rings. The molecule has 1 aromatic heterocycles. The lowest BCUT2D eigenvalue weighted by atomic mass is 10.4. The van der Waals surface area contributed by atoms with Crippen molar-refractivity contribution in [2.45, 2.75) is 24.7 Å². The first-order chi connectivity index (χ1) is 9.86. The normalized spacial score (nSPS) is 11.9. The molecule has 120 valence electrons. The van der Waals surface area contributed by atoms with Gasteiger partial charge in [-0.2, -0.15) is 0 Å². The van der Waals surface area contributed by atoms with Crippen LogP contribution in [-0.4, -0.2) is 52.0 Å². The van der Waals surface area contributed by atoms with Gasteiger partial charge in [0.05, 0.1) is 5.02 Å². The highest BCUT2D eigenvalue weighted by Crippen LogP contribution is 2.22. The summed E-state index contributed by atoms with van der Waals surface area (Å²) >= 11 is 6.05. The van der Waals surface area contributed by atoms with E-state index in [1.54, 1.807) is 0 Å². The quantitative estimate of drug-likeness (QED) is 0.673. The summed E-state index contributed by atoms with van der Waals surface area (Å²) in [5.74, 6) is 0.505. The van der Waals surface area contributed by atoms with E-state index in [4.69, 9.17) is 11.6 Å². The van der Waals surface area contributed by atoms with Crippen molar-refractivity contribution < 1.29 is 8.42 Å². The molecule has 0 aromatic carbocycles. The summed E-state index contributed by atoms with van der Waals surface area (Å²) in [4.78, 5) is 6.15. The number of sulfonamides is 1. The predicted octanol–water partition coefficient (Wildman–Crippen LogP) is 1.79. The zero-order chi connectivity index (χ0) is 15.9. The van der Waals surface area contributed by atoms with Crippen LogP contribution in [0.5, 0.6) is 0 Å². The van der Waals surface area contributed by atoms with Crippen LogP contribution < -0.4 is 10.0 Å². The monoisotopic (exact) mass is 334 g/mol. The van der Waals surface area contributed by atoms with Crippen LogP contribution in [0.25, 0.3) is 0 Å². The Balaban J connectivity index is 2.68. The van der Waals surface area contributed by atoms with Gasteiger partial charge in [0.2, 0.25) is 10.0 Å². The maximum Gasteiger partial charge on any atom is 0.242 e. The van der Waals surface area contributed by atoms with Gasteiger partial charge in [-0.3, -0.25) is 0 Å². The van der Waals surface area contributed by atoms with Gasteiger partial charge in [0.1, 0.15) is 10.7 Å². The molecule has 0 radical (unpaired) electrons. The second kappa shape index (κ2) is 8.53. The fraction of sp³-hybridized carbons (Fsp3) is 0.615. The summed E-state index contributed by atoms with van der Waals surface area (Å²) < 4.78 is 26.8. The van der Waals surface area contributed by atoms with E-state index in [0.29, 0.717) is 17.4 Å². The number of pyridine rings is 1. The Hall–Kier alpha value is -0.890. The molecule has 6 nitrogen and oxygen atoms in total. The highest BCUT2D eigenvalue weighted by molar-refractivity contribution is 7.89. The highest BCUT2D eigenvalue weighted by atomic mass is 35.5. The number of nitrogens with zero attached hydrogens (tertiary/aromatic N) is 2. The third kappa shape index (κ3) is 6.17. The number of rotatable bonds is 9. The van der Waals surface area contributed by atoms with Crippen molar-refractivity contribution in [3.8, 4) is 0 Å². The Morgan fingerprint density at radius 3 is 2.62 bits per heavy atom. The molecular formula is C13H23ClN4O2S. The van der Waals surface area contributed by atoms with E-state index >= 15 is 0 Å². The molecule has 0 spiro atoms. The van der Waals surface area contributed by atoms with Crippen LogP contribution in [0.3, 0.4) is 0 Å². The Morgan fingerprint density at radius 1 is 1.33 bits per heavy atom. The second-order valence-electron chi connectivity index (χ2n) is 4.98. The molecule has 0 aliphatic heterocycles. The summed E-state index contributed by atoms with van der Waals surface area (Å²) in [5, 5.41) is 3.35. The van der Waals surface area contributed by atoms with Crippen LogP contribution in [-0.2, 0) is 10.0 Å². The van der Waals surface area contributed by atoms with Gasteiger partial charge in [-0.25, -0.2) is 18.1 Å². The molecular weight excluding hydrogens is 312 g/mol. The summed E-state index contributed by atoms with van der Waals surface area (Å²) in [6.07, 6.45) is 2.99. The van der Waals surface area contributed by atoms with Crippen LogP contribution in [0.4, 0.5) is 5.82 Å². The Labute approximate surface area is 131 Å². The average Bonchev–Trinajstić information content (AvgIpc) is 2.42. The lowest BCUT2D eigenvalue weighted by Gasteiger charge is -2.11. The first-order valence-corrected chi connectivity index (χ1v) is 8.76. The molecule has 0 saturated heterocycles. The van der Waals surface area contributed by atoms with Crippen LogP contribution in [0.2, 0.25) is 5.02 Å². The molecule has 0 bridgehead atoms. The Kier molecular flexibility index (Phi) is 7.37. The minimum atomic E-state index is -3.56. The van der Waals surface area contributed by atoms with Crippen molar-refractivity contribution >= 4 is 27.4 Å². The molecule has 8 heteroatoms. The van der Waals surface area contributed by atoms with Gasteiger partial charge in [0.25, 0.3) is 0 Å². The zero-order valence-corrected chi connectivity index (χ0v) is 14.3. The first-order valence-electron chi connectivity index (χ1n) is 6.90. The molecule has 1 aromatic rings. The van der Waals surface area contributed by atoms with Crippen LogP contribution in [0.1, 0.15) is 19.8 Å². The highest BCUT2D eigenvalue weighted by Gasteiger charge is 2.16. The van der Waals surface area contributed by atoms with Crippen molar-refractivity contribution in [3.05, 3.63) is 17.3 Å². The first kappa shape index (κ1) is 18.2. The van der Waals surface area contributed by atoms with Gasteiger partial charge >= 0.3 is 0 Å². The van der Waals surface area contributed by atoms with Gasteiger partial charge < -0.3 is 10.2 Å². The zero-order valence-electron chi connectivity index (χ0n) is 12.7. The molecule has 0 unspecified atom stereocenters. The average molecular weight is 335 g/mol. The van der Waals surface area contributed by atoms with Gasteiger partial charge in [-0.05, 0) is 39.5 Å². The minimum absolute atomic E-state index is 0.0828. The second-order valence-corrected chi connectivity index (χ2v) is 7.16. The summed E-state index contributed by atoms with van der Waals surface area (Å²) in [7, 11) is 0.328. The van der Waals surface area contributed by atoms with Gasteiger partial charge in [0.15, 0.2) is 0 Å². The number of hydrogen-bond donors (Lipinski definition) is 2. The van der Waals surface area contributed by atoms with E-state index in [0.717, 1.165) is 25.9 Å². The molecule has 0 aliphatic carbocycles. The lowest BCUT2D eigenvalue weighted by molar-refractivity contribution is 0.400. The fourth-order valence-corrected chi connectivity index (χ4v) is 2.97. The van der Waals surface area contributed by atoms with Crippen molar-refractivity contribution in [1.82, 2.24) is 14.6 Å². The Morgan fingerprint density at radius 2 is 2.05 bits per heavy atom. The van der Waals surface area contributed by atoms with Crippen LogP contribution >= 0.6 is 11.6 Å². The third-order valence-corrected chi connectivity index (χ3v) is 4.46. The number of anilines is 1. The van der Waals surface area contributed by atoms with E-state index in [1.807, 2.05) is 25.9 Å². The molecule has 0 atom stereocenters. The summed E-state index contributed by atoms with van der Waals surface area (Å²) in [6.45, 7) is 3.97. The van der Waals surface area contributed by atoms with Crippen molar-refractivity contribution in [1.29, 1.82) is 0 Å². The SMILES string of the molecule is CCCNc1ncc(S(=O)(=O)NCCCN(C)C)cc1Cl. The molecule has 0 saturated carbocycles. The standard InChI is InChI=1S/C13H23ClN4O2S/c1-4-6-15-13-12(14)9-11(10-16-13)21(19,20)17-7-5-8-18(2)3/h9-10,17H,4-8H2,1-3H3,(H,15,16). The molecule has 0 fully saturated rings. The predicted molar refractivity (Wildman–Crippen MR) is 86.4 cm³/mol. The molecule has 0 amide bonds. The Bertz CT molecular complexity index is 549. The lowest BCUT2D eigenvalue weighted by Crippen LogP contribution is -2.27. The van der Waals surface area contributed by atoms with E-state index in [-0.39, 0.29) is 4.90 Å². The van der Waals surface area contributed by atoms with E-state index in [1.165, 1.54) is 12.3 Å². The smallest absolute Gasteiger partial charge is 0.242 e. The minimum Gasteiger partial charge on any atom is -0.369 e. The fourth-order valence-electron chi connectivity index (χ4n) is 1.63. The number of halogens is 1. The summed E-state index contributed by atoms with van der Waals surface area (Å²) in [6, 6.07) is 1.42. The maximum absolute atomic E-state index is 12.1. The molecule has 2 N–H and O–H groups in total. The molecule has 1 rings (SSSR count). The number of hydrogen-bond acceptors (Lipinski definition) is 5. The summed E-state index contributed by atoms with van der Waals surface area (Å²) in [5.41, 5.74) is 0. The van der Waals surface area contributed by atoms with E-state index < -0.39 is 10.0 Å².